The molecule has 0 bridgehead atoms. The Hall–Kier alpha value is -1.61. The van der Waals surface area contributed by atoms with Crippen molar-refractivity contribution < 1.29 is 0 Å². The van der Waals surface area contributed by atoms with E-state index in [1.54, 1.807) is 0 Å². The lowest BCUT2D eigenvalue weighted by molar-refractivity contribution is 0.466. The number of rotatable bonds is 2. The zero-order valence-electron chi connectivity index (χ0n) is 10.8. The van der Waals surface area contributed by atoms with Crippen molar-refractivity contribution in [3.05, 3.63) is 36.5 Å². The van der Waals surface area contributed by atoms with Crippen molar-refractivity contribution in [1.29, 1.82) is 0 Å². The van der Waals surface area contributed by atoms with Gasteiger partial charge in [0.1, 0.15) is 0 Å². The Morgan fingerprint density at radius 1 is 1.39 bits per heavy atom. The Kier molecular flexibility index (Phi) is 3.15. The third-order valence-electron chi connectivity index (χ3n) is 3.73. The molecular formula is C15H19N3. The monoisotopic (exact) mass is 241 g/mol. The van der Waals surface area contributed by atoms with E-state index in [-0.39, 0.29) is 0 Å². The molecular weight excluding hydrogens is 222 g/mol. The smallest absolute Gasteiger partial charge is 0.0703 e. The second kappa shape index (κ2) is 4.94. The second-order valence-corrected chi connectivity index (χ2v) is 4.85. The van der Waals surface area contributed by atoms with Gasteiger partial charge in [-0.15, -0.1) is 0 Å². The number of piperazine rings is 1. The number of hydrogen-bond donors (Lipinski definition) is 1. The molecule has 2 heterocycles. The number of nitrogens with one attached hydrogen (secondary N) is 1. The van der Waals surface area contributed by atoms with Crippen LogP contribution in [-0.4, -0.2) is 30.7 Å². The van der Waals surface area contributed by atoms with E-state index in [9.17, 15) is 0 Å². The molecule has 1 unspecified atom stereocenters. The molecule has 0 saturated carbocycles. The second-order valence-electron chi connectivity index (χ2n) is 4.85. The minimum Gasteiger partial charge on any atom is -0.365 e. The molecule has 1 aromatic carbocycles. The number of anilines is 1. The van der Waals surface area contributed by atoms with Crippen LogP contribution in [0.4, 0.5) is 5.69 Å². The van der Waals surface area contributed by atoms with Crippen LogP contribution in [0.5, 0.6) is 0 Å². The predicted octanol–water partition coefficient (Wildman–Crippen LogP) is 2.42. The molecule has 1 fully saturated rings. The fourth-order valence-electron chi connectivity index (χ4n) is 2.68. The van der Waals surface area contributed by atoms with Gasteiger partial charge >= 0.3 is 0 Å². The van der Waals surface area contributed by atoms with Gasteiger partial charge in [-0.3, -0.25) is 4.98 Å². The summed E-state index contributed by atoms with van der Waals surface area (Å²) in [5.74, 6) is 0. The van der Waals surface area contributed by atoms with E-state index in [0.29, 0.717) is 6.04 Å². The van der Waals surface area contributed by atoms with Crippen molar-refractivity contribution in [3.8, 4) is 0 Å². The van der Waals surface area contributed by atoms with Crippen LogP contribution in [0.25, 0.3) is 10.9 Å². The summed E-state index contributed by atoms with van der Waals surface area (Å²) in [4.78, 5) is 7.05. The predicted molar refractivity (Wildman–Crippen MR) is 76.0 cm³/mol. The number of para-hydroxylation sites is 1. The summed E-state index contributed by atoms with van der Waals surface area (Å²) in [6, 6.07) is 11.2. The van der Waals surface area contributed by atoms with E-state index in [2.05, 4.69) is 46.4 Å². The summed E-state index contributed by atoms with van der Waals surface area (Å²) in [5, 5.41) is 4.69. The molecule has 18 heavy (non-hydrogen) atoms. The zero-order chi connectivity index (χ0) is 12.4. The van der Waals surface area contributed by atoms with Crippen LogP contribution in [0.1, 0.15) is 13.3 Å². The van der Waals surface area contributed by atoms with Gasteiger partial charge in [0.25, 0.3) is 0 Å². The van der Waals surface area contributed by atoms with E-state index in [1.807, 2.05) is 12.3 Å². The Bertz CT molecular complexity index is 538. The Balaban J connectivity index is 1.97. The average Bonchev–Trinajstić information content (AvgIpc) is 2.46. The minimum absolute atomic E-state index is 0.585. The SMILES string of the molecule is CCC1CNCCN1c1cnc2ccccc2c1. The largest absolute Gasteiger partial charge is 0.365 e. The molecule has 0 radical (unpaired) electrons. The van der Waals surface area contributed by atoms with Crippen LogP contribution < -0.4 is 10.2 Å². The van der Waals surface area contributed by atoms with Crippen LogP contribution in [0, 0.1) is 0 Å². The van der Waals surface area contributed by atoms with Crippen LogP contribution in [0.15, 0.2) is 36.5 Å². The molecule has 1 atom stereocenters. The molecule has 0 aliphatic carbocycles. The Morgan fingerprint density at radius 3 is 3.17 bits per heavy atom. The highest BCUT2D eigenvalue weighted by molar-refractivity contribution is 5.81. The lowest BCUT2D eigenvalue weighted by Crippen LogP contribution is -2.51. The summed E-state index contributed by atoms with van der Waals surface area (Å²) in [6.07, 6.45) is 3.18. The first-order valence-electron chi connectivity index (χ1n) is 6.70. The number of hydrogen-bond acceptors (Lipinski definition) is 3. The molecule has 94 valence electrons. The van der Waals surface area contributed by atoms with Crippen LogP contribution >= 0.6 is 0 Å². The first kappa shape index (κ1) is 11.5. The van der Waals surface area contributed by atoms with Gasteiger partial charge < -0.3 is 10.2 Å². The number of nitrogens with zero attached hydrogens (tertiary/aromatic N) is 2. The van der Waals surface area contributed by atoms with Gasteiger partial charge in [-0.05, 0) is 18.6 Å². The van der Waals surface area contributed by atoms with Crippen molar-refractivity contribution >= 4 is 16.6 Å². The molecule has 1 aliphatic heterocycles. The number of fused-ring (bicyclic) bond motifs is 1. The summed E-state index contributed by atoms with van der Waals surface area (Å²) >= 11 is 0. The molecule has 0 amide bonds. The molecule has 1 aliphatic rings. The molecule has 3 nitrogen and oxygen atoms in total. The van der Waals surface area contributed by atoms with Gasteiger partial charge in [0.05, 0.1) is 17.4 Å². The molecule has 3 rings (SSSR count). The van der Waals surface area contributed by atoms with E-state index < -0.39 is 0 Å². The molecule has 2 aromatic rings. The maximum atomic E-state index is 4.56. The summed E-state index contributed by atoms with van der Waals surface area (Å²) in [5.41, 5.74) is 2.33. The van der Waals surface area contributed by atoms with Crippen molar-refractivity contribution in [2.24, 2.45) is 0 Å². The van der Waals surface area contributed by atoms with E-state index in [4.69, 9.17) is 0 Å². The highest BCUT2D eigenvalue weighted by Gasteiger charge is 2.20. The van der Waals surface area contributed by atoms with Gasteiger partial charge in [-0.25, -0.2) is 0 Å². The quantitative estimate of drug-likeness (QED) is 0.875. The topological polar surface area (TPSA) is 28.2 Å². The number of pyridine rings is 1. The normalized spacial score (nSPS) is 20.3. The minimum atomic E-state index is 0.585. The van der Waals surface area contributed by atoms with E-state index in [0.717, 1.165) is 25.2 Å². The highest BCUT2D eigenvalue weighted by Crippen LogP contribution is 2.23. The van der Waals surface area contributed by atoms with Crippen LogP contribution in [0.2, 0.25) is 0 Å². The lowest BCUT2D eigenvalue weighted by atomic mass is 10.1. The maximum absolute atomic E-state index is 4.56. The zero-order valence-corrected chi connectivity index (χ0v) is 10.8. The van der Waals surface area contributed by atoms with Gasteiger partial charge in [0.2, 0.25) is 0 Å². The first-order valence-corrected chi connectivity index (χ1v) is 6.70. The highest BCUT2D eigenvalue weighted by atomic mass is 15.2. The summed E-state index contributed by atoms with van der Waals surface area (Å²) < 4.78 is 0. The molecule has 1 aromatic heterocycles. The Labute approximate surface area is 108 Å². The summed E-state index contributed by atoms with van der Waals surface area (Å²) in [7, 11) is 0. The van der Waals surface area contributed by atoms with Crippen LogP contribution in [-0.2, 0) is 0 Å². The molecule has 1 N–H and O–H groups in total. The molecule has 1 saturated heterocycles. The van der Waals surface area contributed by atoms with Gasteiger partial charge in [-0.1, -0.05) is 25.1 Å². The number of benzene rings is 1. The van der Waals surface area contributed by atoms with Crippen molar-refractivity contribution in [2.45, 2.75) is 19.4 Å². The van der Waals surface area contributed by atoms with Crippen molar-refractivity contribution in [1.82, 2.24) is 10.3 Å². The average molecular weight is 241 g/mol. The standard InChI is InChI=1S/C15H19N3/c1-2-13-10-16-7-8-18(13)14-9-12-5-3-4-6-15(12)17-11-14/h3-6,9,11,13,16H,2,7-8,10H2,1H3. The van der Waals surface area contributed by atoms with Crippen molar-refractivity contribution in [2.75, 3.05) is 24.5 Å². The maximum Gasteiger partial charge on any atom is 0.0703 e. The van der Waals surface area contributed by atoms with Crippen LogP contribution in [0.3, 0.4) is 0 Å². The van der Waals surface area contributed by atoms with Gasteiger partial charge in [0.15, 0.2) is 0 Å². The van der Waals surface area contributed by atoms with E-state index in [1.165, 1.54) is 17.5 Å². The number of aromatic nitrogens is 1. The molecule has 3 heteroatoms. The summed E-state index contributed by atoms with van der Waals surface area (Å²) in [6.45, 7) is 5.45. The fourth-order valence-corrected chi connectivity index (χ4v) is 2.68. The first-order chi connectivity index (χ1) is 8.88. The third-order valence-corrected chi connectivity index (χ3v) is 3.73. The molecule has 0 spiro atoms. The van der Waals surface area contributed by atoms with Crippen molar-refractivity contribution in [3.63, 3.8) is 0 Å². The van der Waals surface area contributed by atoms with E-state index >= 15 is 0 Å². The Morgan fingerprint density at radius 2 is 2.28 bits per heavy atom. The lowest BCUT2D eigenvalue weighted by Gasteiger charge is -2.37. The fraction of sp³-hybridized carbons (Fsp3) is 0.400. The van der Waals surface area contributed by atoms with Gasteiger partial charge in [0, 0.05) is 31.1 Å². The third kappa shape index (κ3) is 2.06. The van der Waals surface area contributed by atoms with Gasteiger partial charge in [-0.2, -0.15) is 0 Å².